The Kier molecular flexibility index (Phi) is 4.11. The van der Waals surface area contributed by atoms with Crippen LogP contribution in [-0.2, 0) is 0 Å². The van der Waals surface area contributed by atoms with E-state index in [4.69, 9.17) is 0 Å². The molecule has 19 heavy (non-hydrogen) atoms. The van der Waals surface area contributed by atoms with E-state index < -0.39 is 0 Å². The van der Waals surface area contributed by atoms with Crippen molar-refractivity contribution in [1.29, 1.82) is 0 Å². The summed E-state index contributed by atoms with van der Waals surface area (Å²) in [4.78, 5) is 4.32. The van der Waals surface area contributed by atoms with Crippen molar-refractivity contribution in [2.24, 2.45) is 0 Å². The molecular weight excluding hydrogens is 241 g/mol. The number of hydrogen-bond donors (Lipinski definition) is 1. The molecular formula is C15H24FN3. The van der Waals surface area contributed by atoms with Gasteiger partial charge in [0.1, 0.15) is 5.82 Å². The van der Waals surface area contributed by atoms with Crippen LogP contribution in [0.3, 0.4) is 0 Å². The number of hydrogen-bond acceptors (Lipinski definition) is 3. The summed E-state index contributed by atoms with van der Waals surface area (Å²) >= 11 is 0. The Hall–Kier alpha value is -1.13. The van der Waals surface area contributed by atoms with Gasteiger partial charge in [-0.1, -0.05) is 12.1 Å². The van der Waals surface area contributed by atoms with E-state index in [2.05, 4.69) is 43.1 Å². The quantitative estimate of drug-likeness (QED) is 0.901. The predicted molar refractivity (Wildman–Crippen MR) is 78.2 cm³/mol. The first-order valence-electron chi connectivity index (χ1n) is 6.79. The number of benzene rings is 1. The minimum atomic E-state index is -0.135. The highest BCUT2D eigenvalue weighted by atomic mass is 19.1. The molecule has 1 fully saturated rings. The fourth-order valence-electron chi connectivity index (χ4n) is 2.89. The third kappa shape index (κ3) is 3.67. The molecule has 4 heteroatoms. The monoisotopic (exact) mass is 265 g/mol. The zero-order chi connectivity index (χ0) is 14.0. The summed E-state index contributed by atoms with van der Waals surface area (Å²) in [5, 5.41) is 3.64. The van der Waals surface area contributed by atoms with Crippen LogP contribution >= 0.6 is 0 Å². The van der Waals surface area contributed by atoms with Gasteiger partial charge in [0.05, 0.1) is 5.69 Å². The van der Waals surface area contributed by atoms with E-state index in [0.29, 0.717) is 11.7 Å². The molecule has 1 aliphatic rings. The molecule has 0 aliphatic carbocycles. The highest BCUT2D eigenvalue weighted by Gasteiger charge is 2.32. The van der Waals surface area contributed by atoms with Crippen molar-refractivity contribution >= 4 is 5.69 Å². The van der Waals surface area contributed by atoms with Crippen LogP contribution in [0.2, 0.25) is 0 Å². The average molecular weight is 265 g/mol. The number of anilines is 1. The molecule has 1 aromatic carbocycles. The molecule has 3 nitrogen and oxygen atoms in total. The molecule has 0 spiro atoms. The maximum atomic E-state index is 13.9. The molecule has 1 atom stereocenters. The topological polar surface area (TPSA) is 18.5 Å². The van der Waals surface area contributed by atoms with Crippen molar-refractivity contribution < 1.29 is 4.39 Å². The molecule has 1 N–H and O–H groups in total. The highest BCUT2D eigenvalue weighted by Crippen LogP contribution is 2.24. The van der Waals surface area contributed by atoms with Gasteiger partial charge in [-0.15, -0.1) is 0 Å². The van der Waals surface area contributed by atoms with Gasteiger partial charge in [0.25, 0.3) is 0 Å². The first-order valence-corrected chi connectivity index (χ1v) is 6.79. The first-order chi connectivity index (χ1) is 8.87. The van der Waals surface area contributed by atoms with Crippen molar-refractivity contribution in [3.05, 3.63) is 30.1 Å². The maximum absolute atomic E-state index is 13.9. The molecule has 0 aromatic heterocycles. The fraction of sp³-hybridized carbons (Fsp3) is 0.600. The lowest BCUT2D eigenvalue weighted by molar-refractivity contribution is 0.243. The molecule has 1 aliphatic heterocycles. The second-order valence-corrected chi connectivity index (χ2v) is 6.32. The molecule has 0 bridgehead atoms. The number of nitrogens with one attached hydrogen (secondary N) is 1. The molecule has 2 rings (SSSR count). The Morgan fingerprint density at radius 3 is 2.68 bits per heavy atom. The van der Waals surface area contributed by atoms with E-state index in [-0.39, 0.29) is 11.4 Å². The van der Waals surface area contributed by atoms with Crippen molar-refractivity contribution in [1.82, 2.24) is 10.2 Å². The van der Waals surface area contributed by atoms with E-state index >= 15 is 0 Å². The summed E-state index contributed by atoms with van der Waals surface area (Å²) in [5.41, 5.74) is 0.696. The van der Waals surface area contributed by atoms with Gasteiger partial charge in [-0.2, -0.15) is 0 Å². The minimum Gasteiger partial charge on any atom is -0.366 e. The summed E-state index contributed by atoms with van der Waals surface area (Å²) in [6.45, 7) is 6.94. The van der Waals surface area contributed by atoms with E-state index in [1.165, 1.54) is 6.07 Å². The number of para-hydroxylation sites is 1. The van der Waals surface area contributed by atoms with Gasteiger partial charge in [0.2, 0.25) is 0 Å². The maximum Gasteiger partial charge on any atom is 0.146 e. The third-order valence-electron chi connectivity index (χ3n) is 3.40. The smallest absolute Gasteiger partial charge is 0.146 e. The van der Waals surface area contributed by atoms with Gasteiger partial charge in [-0.3, -0.25) is 0 Å². The van der Waals surface area contributed by atoms with Gasteiger partial charge in [-0.05, 0) is 40.1 Å². The number of nitrogens with zero attached hydrogens (tertiary/aromatic N) is 2. The molecule has 1 aromatic rings. The Morgan fingerprint density at radius 2 is 2.05 bits per heavy atom. The van der Waals surface area contributed by atoms with Gasteiger partial charge in [0, 0.05) is 31.2 Å². The van der Waals surface area contributed by atoms with Crippen molar-refractivity contribution in [2.75, 3.05) is 38.6 Å². The van der Waals surface area contributed by atoms with Gasteiger partial charge < -0.3 is 15.1 Å². The van der Waals surface area contributed by atoms with Crippen LogP contribution in [-0.4, -0.2) is 50.2 Å². The van der Waals surface area contributed by atoms with Crippen LogP contribution in [0.1, 0.15) is 13.8 Å². The molecule has 106 valence electrons. The minimum absolute atomic E-state index is 0.0127. The Labute approximate surface area is 115 Å². The van der Waals surface area contributed by atoms with Crippen LogP contribution < -0.4 is 10.2 Å². The normalized spacial score (nSPS) is 22.8. The Balaban J connectivity index is 2.19. The molecule has 0 amide bonds. The number of halogens is 1. The SMILES string of the molecule is CN(C)CC1CN(c2ccccc2F)CC(C)(C)N1. The van der Waals surface area contributed by atoms with Crippen molar-refractivity contribution in [3.8, 4) is 0 Å². The summed E-state index contributed by atoms with van der Waals surface area (Å²) in [5.74, 6) is -0.135. The highest BCUT2D eigenvalue weighted by molar-refractivity contribution is 5.49. The van der Waals surface area contributed by atoms with E-state index in [0.717, 1.165) is 19.6 Å². The van der Waals surface area contributed by atoms with Gasteiger partial charge in [-0.25, -0.2) is 4.39 Å². The lowest BCUT2D eigenvalue weighted by Crippen LogP contribution is -2.64. The third-order valence-corrected chi connectivity index (χ3v) is 3.40. The largest absolute Gasteiger partial charge is 0.366 e. The van der Waals surface area contributed by atoms with E-state index in [1.807, 2.05) is 12.1 Å². The zero-order valence-corrected chi connectivity index (χ0v) is 12.3. The number of likely N-dealkylation sites (N-methyl/N-ethyl adjacent to an activating group) is 1. The first kappa shape index (κ1) is 14.3. The fourth-order valence-corrected chi connectivity index (χ4v) is 2.89. The molecule has 1 saturated heterocycles. The lowest BCUT2D eigenvalue weighted by atomic mass is 9.97. The van der Waals surface area contributed by atoms with Gasteiger partial charge in [0.15, 0.2) is 0 Å². The van der Waals surface area contributed by atoms with Crippen molar-refractivity contribution in [3.63, 3.8) is 0 Å². The van der Waals surface area contributed by atoms with Crippen LogP contribution in [0.4, 0.5) is 10.1 Å². The molecule has 1 heterocycles. The molecule has 0 saturated carbocycles. The second-order valence-electron chi connectivity index (χ2n) is 6.32. The lowest BCUT2D eigenvalue weighted by Gasteiger charge is -2.45. The van der Waals surface area contributed by atoms with Crippen LogP contribution in [0, 0.1) is 5.82 Å². The Morgan fingerprint density at radius 1 is 1.37 bits per heavy atom. The average Bonchev–Trinajstić information content (AvgIpc) is 2.26. The van der Waals surface area contributed by atoms with E-state index in [1.54, 1.807) is 6.07 Å². The number of rotatable bonds is 3. The molecule has 0 radical (unpaired) electrons. The summed E-state index contributed by atoms with van der Waals surface area (Å²) in [6, 6.07) is 7.38. The standard InChI is InChI=1S/C15H24FN3/c1-15(2)11-19(10-12(17-15)9-18(3)4)14-8-6-5-7-13(14)16/h5-8,12,17H,9-11H2,1-4H3. The summed E-state index contributed by atoms with van der Waals surface area (Å²) in [6.07, 6.45) is 0. The zero-order valence-electron chi connectivity index (χ0n) is 12.3. The Bertz CT molecular complexity index is 431. The summed E-state index contributed by atoms with van der Waals surface area (Å²) < 4.78 is 13.9. The number of piperazine rings is 1. The summed E-state index contributed by atoms with van der Waals surface area (Å²) in [7, 11) is 4.13. The molecule has 1 unspecified atom stereocenters. The van der Waals surface area contributed by atoms with Crippen LogP contribution in [0.5, 0.6) is 0 Å². The van der Waals surface area contributed by atoms with Crippen LogP contribution in [0.15, 0.2) is 24.3 Å². The van der Waals surface area contributed by atoms with Gasteiger partial charge >= 0.3 is 0 Å². The second kappa shape index (κ2) is 5.47. The van der Waals surface area contributed by atoms with Crippen LogP contribution in [0.25, 0.3) is 0 Å². The predicted octanol–water partition coefficient (Wildman–Crippen LogP) is 1.94. The van der Waals surface area contributed by atoms with Crippen molar-refractivity contribution in [2.45, 2.75) is 25.4 Å². The van der Waals surface area contributed by atoms with E-state index in [9.17, 15) is 4.39 Å².